The van der Waals surface area contributed by atoms with Crippen LogP contribution < -0.4 is 5.32 Å². The number of rotatable bonds is 7. The van der Waals surface area contributed by atoms with Crippen LogP contribution in [0.25, 0.3) is 34.1 Å². The summed E-state index contributed by atoms with van der Waals surface area (Å²) < 4.78 is 46.1. The predicted molar refractivity (Wildman–Crippen MR) is 137 cm³/mol. The Hall–Kier alpha value is -4.24. The third-order valence-corrected chi connectivity index (χ3v) is 5.99. The van der Waals surface area contributed by atoms with Gasteiger partial charge in [0.1, 0.15) is 0 Å². The molecule has 188 valence electrons. The molecule has 6 nitrogen and oxygen atoms in total. The van der Waals surface area contributed by atoms with Crippen LogP contribution in [0.3, 0.4) is 0 Å². The Morgan fingerprint density at radius 3 is 2.16 bits per heavy atom. The fourth-order valence-electron chi connectivity index (χ4n) is 4.08. The van der Waals surface area contributed by atoms with Crippen LogP contribution in [0.1, 0.15) is 17.2 Å². The van der Waals surface area contributed by atoms with Crippen molar-refractivity contribution < 1.29 is 17.6 Å². The van der Waals surface area contributed by atoms with E-state index in [2.05, 4.69) is 15.3 Å². The molecular weight excluding hydrogens is 479 g/mol. The zero-order chi connectivity index (χ0) is 26.0. The Morgan fingerprint density at radius 2 is 1.51 bits per heavy atom. The van der Waals surface area contributed by atoms with E-state index in [0.717, 1.165) is 17.2 Å². The maximum atomic E-state index is 13.3. The predicted octanol–water partition coefficient (Wildman–Crippen LogP) is 6.69. The van der Waals surface area contributed by atoms with Gasteiger partial charge >= 0.3 is 6.18 Å². The highest BCUT2D eigenvalue weighted by molar-refractivity contribution is 5.84. The highest BCUT2D eigenvalue weighted by atomic mass is 19.4. The first-order valence-corrected chi connectivity index (χ1v) is 11.7. The average molecular weight is 504 g/mol. The Morgan fingerprint density at radius 1 is 0.838 bits per heavy atom. The topological polar surface area (TPSA) is 67.1 Å². The quantitative estimate of drug-likeness (QED) is 0.267. The highest BCUT2D eigenvalue weighted by Gasteiger charge is 2.31. The number of likely N-dealkylation sites (N-methyl/N-ethyl adjacent to an activating group) is 1. The third-order valence-electron chi connectivity index (χ3n) is 5.99. The molecule has 0 saturated heterocycles. The number of fused-ring (bicyclic) bond motifs is 1. The average Bonchev–Trinajstić information content (AvgIpc) is 3.34. The summed E-state index contributed by atoms with van der Waals surface area (Å²) in [6.45, 7) is 0.274. The van der Waals surface area contributed by atoms with Gasteiger partial charge in [0.25, 0.3) is 0 Å². The summed E-state index contributed by atoms with van der Waals surface area (Å²) in [7, 11) is 3.64. The third kappa shape index (κ3) is 5.31. The Bertz CT molecular complexity index is 1500. The van der Waals surface area contributed by atoms with Gasteiger partial charge in [-0.15, -0.1) is 0 Å². The van der Waals surface area contributed by atoms with Gasteiger partial charge in [-0.3, -0.25) is 0 Å². The van der Waals surface area contributed by atoms with Gasteiger partial charge in [-0.05, 0) is 43.9 Å². The van der Waals surface area contributed by atoms with Gasteiger partial charge in [0, 0.05) is 17.7 Å². The monoisotopic (exact) mass is 503 g/mol. The van der Waals surface area contributed by atoms with E-state index >= 15 is 0 Å². The van der Waals surface area contributed by atoms with E-state index in [9.17, 15) is 13.2 Å². The van der Waals surface area contributed by atoms with Crippen LogP contribution in [0, 0.1) is 0 Å². The van der Waals surface area contributed by atoms with Crippen molar-refractivity contribution in [1.82, 2.24) is 19.9 Å². The lowest BCUT2D eigenvalue weighted by atomic mass is 10.0. The number of nitrogens with zero attached hydrogens (tertiary/aromatic N) is 4. The normalized spacial score (nSPS) is 12.7. The molecule has 37 heavy (non-hydrogen) atoms. The molecule has 0 saturated carbocycles. The molecular formula is C28H24F3N5O. The van der Waals surface area contributed by atoms with E-state index in [4.69, 9.17) is 9.40 Å². The van der Waals surface area contributed by atoms with E-state index in [1.807, 2.05) is 79.7 Å². The number of aromatic nitrogens is 3. The standard InChI is InChI=1S/C28H24F3N5O/c1-36(2)22(20-14-9-15-21(16-20)28(29,30)31)17-32-25-23-26(34-24(33-25)18-10-5-3-6-11-18)35-27(37-23)19-12-7-4-8-13-19/h3-16,22H,17H2,1-2H3,(H,32,33,34)/t22-/m0/s1. The van der Waals surface area contributed by atoms with Crippen molar-refractivity contribution >= 4 is 17.0 Å². The fourth-order valence-corrected chi connectivity index (χ4v) is 4.08. The van der Waals surface area contributed by atoms with Crippen LogP contribution in [0.5, 0.6) is 0 Å². The molecule has 0 spiro atoms. The lowest BCUT2D eigenvalue weighted by molar-refractivity contribution is -0.137. The molecule has 2 aromatic heterocycles. The number of oxazole rings is 1. The number of alkyl halides is 3. The summed E-state index contributed by atoms with van der Waals surface area (Å²) >= 11 is 0. The molecule has 1 atom stereocenters. The van der Waals surface area contributed by atoms with Gasteiger partial charge in [-0.25, -0.2) is 9.97 Å². The first-order chi connectivity index (χ1) is 17.8. The van der Waals surface area contributed by atoms with E-state index in [1.165, 1.54) is 12.1 Å². The molecule has 0 aliphatic heterocycles. The zero-order valence-electron chi connectivity index (χ0n) is 20.2. The molecule has 0 fully saturated rings. The molecule has 0 unspecified atom stereocenters. The number of halogens is 3. The van der Waals surface area contributed by atoms with Crippen LogP contribution in [-0.2, 0) is 6.18 Å². The molecule has 0 aliphatic carbocycles. The van der Waals surface area contributed by atoms with E-state index < -0.39 is 11.7 Å². The Balaban J connectivity index is 1.54. The smallest absolute Gasteiger partial charge is 0.416 e. The van der Waals surface area contributed by atoms with E-state index in [-0.39, 0.29) is 12.6 Å². The van der Waals surface area contributed by atoms with Crippen molar-refractivity contribution in [2.24, 2.45) is 0 Å². The second kappa shape index (κ2) is 10.0. The molecule has 3 aromatic carbocycles. The Labute approximate surface area is 211 Å². The highest BCUT2D eigenvalue weighted by Crippen LogP contribution is 2.33. The number of anilines is 1. The maximum Gasteiger partial charge on any atom is 0.416 e. The summed E-state index contributed by atoms with van der Waals surface area (Å²) in [6, 6.07) is 23.9. The van der Waals surface area contributed by atoms with Crippen molar-refractivity contribution in [3.63, 3.8) is 0 Å². The molecule has 5 rings (SSSR count). The molecule has 5 aromatic rings. The molecule has 9 heteroatoms. The first-order valence-electron chi connectivity index (χ1n) is 11.7. The Kier molecular flexibility index (Phi) is 6.62. The van der Waals surface area contributed by atoms with Crippen LogP contribution in [0.2, 0.25) is 0 Å². The SMILES string of the molecule is CN(C)[C@@H](CNc1nc(-c2ccccc2)nc2nc(-c3ccccc3)oc12)c1cccc(C(F)(F)F)c1. The van der Waals surface area contributed by atoms with Crippen molar-refractivity contribution in [1.29, 1.82) is 0 Å². The van der Waals surface area contributed by atoms with Crippen LogP contribution >= 0.6 is 0 Å². The van der Waals surface area contributed by atoms with Crippen LogP contribution in [0.4, 0.5) is 19.0 Å². The first kappa shape index (κ1) is 24.5. The number of hydrogen-bond donors (Lipinski definition) is 1. The summed E-state index contributed by atoms with van der Waals surface area (Å²) in [5.74, 6) is 1.28. The number of hydrogen-bond acceptors (Lipinski definition) is 6. The van der Waals surface area contributed by atoms with Crippen molar-refractivity contribution in [3.8, 4) is 22.8 Å². The van der Waals surface area contributed by atoms with Crippen molar-refractivity contribution in [3.05, 3.63) is 96.1 Å². The fraction of sp³-hybridized carbons (Fsp3) is 0.179. The van der Waals surface area contributed by atoms with Crippen molar-refractivity contribution in [2.75, 3.05) is 26.0 Å². The molecule has 2 heterocycles. The summed E-state index contributed by atoms with van der Waals surface area (Å²) in [6.07, 6.45) is -4.42. The summed E-state index contributed by atoms with van der Waals surface area (Å²) in [4.78, 5) is 15.8. The molecule has 0 bridgehead atoms. The van der Waals surface area contributed by atoms with E-state index in [0.29, 0.717) is 34.3 Å². The van der Waals surface area contributed by atoms with Gasteiger partial charge in [0.2, 0.25) is 17.1 Å². The number of benzene rings is 3. The van der Waals surface area contributed by atoms with Crippen molar-refractivity contribution in [2.45, 2.75) is 12.2 Å². The van der Waals surface area contributed by atoms with Gasteiger partial charge in [0.15, 0.2) is 11.6 Å². The summed E-state index contributed by atoms with van der Waals surface area (Å²) in [5.41, 5.74) is 2.20. The van der Waals surface area contributed by atoms with E-state index in [1.54, 1.807) is 6.07 Å². The lowest BCUT2D eigenvalue weighted by Gasteiger charge is -2.26. The summed E-state index contributed by atoms with van der Waals surface area (Å²) in [5, 5.41) is 3.29. The zero-order valence-corrected chi connectivity index (χ0v) is 20.2. The van der Waals surface area contributed by atoms with Crippen LogP contribution in [0.15, 0.2) is 89.3 Å². The lowest BCUT2D eigenvalue weighted by Crippen LogP contribution is -2.27. The minimum Gasteiger partial charge on any atom is -0.430 e. The maximum absolute atomic E-state index is 13.3. The second-order valence-corrected chi connectivity index (χ2v) is 8.78. The molecule has 0 radical (unpaired) electrons. The van der Waals surface area contributed by atoms with Gasteiger partial charge in [-0.2, -0.15) is 18.2 Å². The van der Waals surface area contributed by atoms with Gasteiger partial charge in [-0.1, -0.05) is 60.7 Å². The molecule has 0 amide bonds. The molecule has 1 N–H and O–H groups in total. The minimum atomic E-state index is -4.42. The second-order valence-electron chi connectivity index (χ2n) is 8.78. The van der Waals surface area contributed by atoms with Gasteiger partial charge in [0.05, 0.1) is 11.6 Å². The number of nitrogens with one attached hydrogen (secondary N) is 1. The van der Waals surface area contributed by atoms with Gasteiger partial charge < -0.3 is 14.6 Å². The molecule has 0 aliphatic rings. The minimum absolute atomic E-state index is 0.274. The van der Waals surface area contributed by atoms with Crippen LogP contribution in [-0.4, -0.2) is 40.5 Å². The largest absolute Gasteiger partial charge is 0.430 e.